The van der Waals surface area contributed by atoms with Gasteiger partial charge < -0.3 is 13.9 Å². The zero-order valence-corrected chi connectivity index (χ0v) is 14.8. The number of hydrogen-bond acceptors (Lipinski definition) is 5. The van der Waals surface area contributed by atoms with Gasteiger partial charge in [-0.3, -0.25) is 9.88 Å². The number of hydrogen-bond donors (Lipinski definition) is 0. The number of aryl methyl sites for hydroxylation is 1. The molecular formula is C20H26N2O3. The Morgan fingerprint density at radius 2 is 2.16 bits per heavy atom. The van der Waals surface area contributed by atoms with Crippen molar-refractivity contribution in [3.05, 3.63) is 53.7 Å². The first-order chi connectivity index (χ1) is 12.2. The monoisotopic (exact) mass is 342 g/mol. The second kappa shape index (κ2) is 7.28. The Morgan fingerprint density at radius 1 is 1.28 bits per heavy atom. The second-order valence-corrected chi connectivity index (χ2v) is 7.31. The van der Waals surface area contributed by atoms with E-state index >= 15 is 0 Å². The van der Waals surface area contributed by atoms with Crippen LogP contribution in [0.2, 0.25) is 0 Å². The number of furan rings is 1. The molecule has 25 heavy (non-hydrogen) atoms. The molecular weight excluding hydrogens is 316 g/mol. The van der Waals surface area contributed by atoms with E-state index in [1.807, 2.05) is 37.5 Å². The molecule has 2 aromatic rings. The van der Waals surface area contributed by atoms with Gasteiger partial charge in [0.2, 0.25) is 0 Å². The van der Waals surface area contributed by atoms with Crippen LogP contribution < -0.4 is 0 Å². The van der Waals surface area contributed by atoms with Gasteiger partial charge in [0.25, 0.3) is 0 Å². The topological polar surface area (TPSA) is 47.7 Å². The predicted molar refractivity (Wildman–Crippen MR) is 94.1 cm³/mol. The fourth-order valence-corrected chi connectivity index (χ4v) is 3.90. The average molecular weight is 342 g/mol. The minimum absolute atomic E-state index is 0.0115. The maximum absolute atomic E-state index is 6.20. The molecule has 2 saturated heterocycles. The minimum atomic E-state index is 0.0115. The predicted octanol–water partition coefficient (Wildman–Crippen LogP) is 3.32. The Hall–Kier alpha value is -1.69. The summed E-state index contributed by atoms with van der Waals surface area (Å²) in [6.45, 7) is 6.38. The normalized spacial score (nSPS) is 23.3. The first-order valence-electron chi connectivity index (χ1n) is 9.12. The lowest BCUT2D eigenvalue weighted by Gasteiger charge is -2.38. The summed E-state index contributed by atoms with van der Waals surface area (Å²) in [6, 6.07) is 8.10. The van der Waals surface area contributed by atoms with E-state index in [4.69, 9.17) is 13.9 Å². The lowest BCUT2D eigenvalue weighted by atomic mass is 9.88. The van der Waals surface area contributed by atoms with Gasteiger partial charge in [0.1, 0.15) is 0 Å². The molecule has 0 amide bonds. The highest BCUT2D eigenvalue weighted by Crippen LogP contribution is 2.37. The van der Waals surface area contributed by atoms with E-state index in [2.05, 4.69) is 9.88 Å². The molecule has 0 aromatic carbocycles. The van der Waals surface area contributed by atoms with Crippen LogP contribution >= 0.6 is 0 Å². The molecule has 134 valence electrons. The standard InChI is InChI=1S/C20H26N2O3/c1-16-3-2-4-18(21-16)14-24-19-11-20(25-15-19)6-8-22(9-7-20)12-17-5-10-23-13-17/h2-5,10,13,19H,6-9,11-12,14-15H2,1H3. The van der Waals surface area contributed by atoms with Gasteiger partial charge in [0, 0.05) is 37.3 Å². The molecule has 0 bridgehead atoms. The van der Waals surface area contributed by atoms with Crippen molar-refractivity contribution in [2.24, 2.45) is 0 Å². The van der Waals surface area contributed by atoms with Gasteiger partial charge >= 0.3 is 0 Å². The molecule has 1 atom stereocenters. The van der Waals surface area contributed by atoms with Crippen LogP contribution in [0, 0.1) is 6.92 Å². The first-order valence-corrected chi connectivity index (χ1v) is 9.12. The van der Waals surface area contributed by atoms with Crippen LogP contribution in [0.3, 0.4) is 0 Å². The molecule has 2 fully saturated rings. The summed E-state index contributed by atoms with van der Waals surface area (Å²) in [5.41, 5.74) is 3.29. The maximum Gasteiger partial charge on any atom is 0.0947 e. The van der Waals surface area contributed by atoms with Crippen LogP contribution in [0.15, 0.2) is 41.2 Å². The molecule has 1 spiro atoms. The lowest BCUT2D eigenvalue weighted by molar-refractivity contribution is -0.0468. The third-order valence-corrected chi connectivity index (χ3v) is 5.34. The molecule has 5 heteroatoms. The van der Waals surface area contributed by atoms with Crippen molar-refractivity contribution in [2.45, 2.75) is 51.0 Å². The van der Waals surface area contributed by atoms with Gasteiger partial charge in [-0.1, -0.05) is 6.07 Å². The average Bonchev–Trinajstić information content (AvgIpc) is 3.26. The second-order valence-electron chi connectivity index (χ2n) is 7.31. The number of piperidine rings is 1. The molecule has 2 aromatic heterocycles. The summed E-state index contributed by atoms with van der Waals surface area (Å²) in [4.78, 5) is 6.98. The van der Waals surface area contributed by atoms with Crippen molar-refractivity contribution in [2.75, 3.05) is 19.7 Å². The largest absolute Gasteiger partial charge is 0.472 e. The molecule has 5 nitrogen and oxygen atoms in total. The molecule has 1 unspecified atom stereocenters. The van der Waals surface area contributed by atoms with Crippen LogP contribution in [0.1, 0.15) is 36.2 Å². The molecule has 0 aliphatic carbocycles. The summed E-state index contributed by atoms with van der Waals surface area (Å²) in [5.74, 6) is 0. The highest BCUT2D eigenvalue weighted by atomic mass is 16.6. The van der Waals surface area contributed by atoms with Crippen molar-refractivity contribution >= 4 is 0 Å². The van der Waals surface area contributed by atoms with Crippen molar-refractivity contribution in [3.63, 3.8) is 0 Å². The molecule has 0 radical (unpaired) electrons. The number of ether oxygens (including phenoxy) is 2. The summed E-state index contributed by atoms with van der Waals surface area (Å²) in [5, 5.41) is 0. The lowest BCUT2D eigenvalue weighted by Crippen LogP contribution is -2.43. The quantitative estimate of drug-likeness (QED) is 0.834. The molecule has 2 aliphatic rings. The van der Waals surface area contributed by atoms with Gasteiger partial charge in [-0.25, -0.2) is 0 Å². The zero-order valence-electron chi connectivity index (χ0n) is 14.8. The van der Waals surface area contributed by atoms with E-state index in [-0.39, 0.29) is 11.7 Å². The maximum atomic E-state index is 6.20. The van der Waals surface area contributed by atoms with E-state index in [0.717, 1.165) is 50.3 Å². The smallest absolute Gasteiger partial charge is 0.0947 e. The highest BCUT2D eigenvalue weighted by Gasteiger charge is 2.43. The SMILES string of the molecule is Cc1cccc(COC2COC3(CCN(Cc4ccoc4)CC3)C2)n1. The molecule has 4 rings (SSSR count). The van der Waals surface area contributed by atoms with E-state index < -0.39 is 0 Å². The van der Waals surface area contributed by atoms with E-state index in [1.165, 1.54) is 5.56 Å². The van der Waals surface area contributed by atoms with Gasteiger partial charge in [-0.15, -0.1) is 0 Å². The summed E-state index contributed by atoms with van der Waals surface area (Å²) < 4.78 is 17.4. The van der Waals surface area contributed by atoms with Crippen molar-refractivity contribution in [1.29, 1.82) is 0 Å². The molecule has 2 aliphatic heterocycles. The van der Waals surface area contributed by atoms with Crippen LogP contribution in [0.4, 0.5) is 0 Å². The van der Waals surface area contributed by atoms with Crippen LogP contribution in [0.25, 0.3) is 0 Å². The Kier molecular flexibility index (Phi) is 4.88. The number of pyridine rings is 1. The number of nitrogens with zero attached hydrogens (tertiary/aromatic N) is 2. The van der Waals surface area contributed by atoms with Gasteiger partial charge in [-0.2, -0.15) is 0 Å². The van der Waals surface area contributed by atoms with Crippen LogP contribution in [-0.2, 0) is 22.6 Å². The Morgan fingerprint density at radius 3 is 2.92 bits per heavy atom. The number of aromatic nitrogens is 1. The first kappa shape index (κ1) is 16.8. The van der Waals surface area contributed by atoms with Crippen LogP contribution in [0.5, 0.6) is 0 Å². The Balaban J connectivity index is 1.25. The molecule has 0 saturated carbocycles. The Bertz CT molecular complexity index is 678. The molecule has 0 N–H and O–H groups in total. The van der Waals surface area contributed by atoms with Gasteiger partial charge in [0.05, 0.1) is 43.1 Å². The summed E-state index contributed by atoms with van der Waals surface area (Å²) in [6.07, 6.45) is 6.91. The third-order valence-electron chi connectivity index (χ3n) is 5.34. The summed E-state index contributed by atoms with van der Waals surface area (Å²) >= 11 is 0. The number of likely N-dealkylation sites (tertiary alicyclic amines) is 1. The fourth-order valence-electron chi connectivity index (χ4n) is 3.90. The van der Waals surface area contributed by atoms with Crippen molar-refractivity contribution < 1.29 is 13.9 Å². The van der Waals surface area contributed by atoms with Crippen molar-refractivity contribution in [3.8, 4) is 0 Å². The van der Waals surface area contributed by atoms with Crippen molar-refractivity contribution in [1.82, 2.24) is 9.88 Å². The van der Waals surface area contributed by atoms with E-state index in [9.17, 15) is 0 Å². The van der Waals surface area contributed by atoms with E-state index in [1.54, 1.807) is 6.26 Å². The molecule has 4 heterocycles. The minimum Gasteiger partial charge on any atom is -0.472 e. The summed E-state index contributed by atoms with van der Waals surface area (Å²) in [7, 11) is 0. The third kappa shape index (κ3) is 4.11. The highest BCUT2D eigenvalue weighted by molar-refractivity contribution is 5.09. The van der Waals surface area contributed by atoms with Gasteiger partial charge in [-0.05, 0) is 38.0 Å². The van der Waals surface area contributed by atoms with Gasteiger partial charge in [0.15, 0.2) is 0 Å². The number of rotatable bonds is 5. The zero-order chi connectivity index (χ0) is 17.1. The Labute approximate surface area is 148 Å². The fraction of sp³-hybridized carbons (Fsp3) is 0.550. The van der Waals surface area contributed by atoms with Crippen LogP contribution in [-0.4, -0.2) is 41.3 Å². The van der Waals surface area contributed by atoms with E-state index in [0.29, 0.717) is 13.2 Å².